The van der Waals surface area contributed by atoms with E-state index in [0.717, 1.165) is 22.2 Å². The third-order valence-electron chi connectivity index (χ3n) is 6.05. The Morgan fingerprint density at radius 1 is 1.06 bits per heavy atom. The number of halogens is 1. The van der Waals surface area contributed by atoms with Gasteiger partial charge in [-0.25, -0.2) is 18.6 Å². The Balaban J connectivity index is 1.36. The van der Waals surface area contributed by atoms with Crippen LogP contribution in [0.25, 0.3) is 27.7 Å². The standard InChI is InChI=1S/C26H20FN5O4/c1-15-23(16-3-6-18(27)7-4-16)24-28-14-19-20(32(24)29-15)9-10-31(26(19)34)30-25(33)17-5-8-21-22(13-17)36-12-2-11-35-21/h3-10,13-14H,2,11-12H2,1H3,(H,30,33). The molecule has 36 heavy (non-hydrogen) atoms. The van der Waals surface area contributed by atoms with Crippen molar-refractivity contribution in [2.45, 2.75) is 13.3 Å². The molecular formula is C26H20FN5O4. The second-order valence-corrected chi connectivity index (χ2v) is 8.40. The highest BCUT2D eigenvalue weighted by Gasteiger charge is 2.18. The fraction of sp³-hybridized carbons (Fsp3) is 0.154. The first-order valence-electron chi connectivity index (χ1n) is 11.4. The quantitative estimate of drug-likeness (QED) is 0.418. The summed E-state index contributed by atoms with van der Waals surface area (Å²) in [5.41, 5.74) is 5.76. The molecule has 0 spiro atoms. The van der Waals surface area contributed by atoms with Gasteiger partial charge in [-0.1, -0.05) is 12.1 Å². The highest BCUT2D eigenvalue weighted by Crippen LogP contribution is 2.31. The van der Waals surface area contributed by atoms with Crippen LogP contribution in [-0.4, -0.2) is 38.4 Å². The zero-order valence-electron chi connectivity index (χ0n) is 19.2. The van der Waals surface area contributed by atoms with Crippen molar-refractivity contribution in [3.05, 3.63) is 88.4 Å². The summed E-state index contributed by atoms with van der Waals surface area (Å²) in [5, 5.41) is 4.84. The van der Waals surface area contributed by atoms with Crippen LogP contribution in [0.2, 0.25) is 0 Å². The Hall–Kier alpha value is -4.73. The first-order valence-corrected chi connectivity index (χ1v) is 11.4. The fourth-order valence-corrected chi connectivity index (χ4v) is 4.30. The molecule has 10 heteroatoms. The van der Waals surface area contributed by atoms with Gasteiger partial charge in [-0.3, -0.25) is 15.0 Å². The molecule has 0 atom stereocenters. The van der Waals surface area contributed by atoms with Crippen molar-refractivity contribution in [3.63, 3.8) is 0 Å². The Morgan fingerprint density at radius 2 is 1.83 bits per heavy atom. The van der Waals surface area contributed by atoms with Crippen LogP contribution in [-0.2, 0) is 0 Å². The molecule has 0 aliphatic carbocycles. The van der Waals surface area contributed by atoms with Gasteiger partial charge in [0.2, 0.25) is 0 Å². The number of pyridine rings is 1. The largest absolute Gasteiger partial charge is 0.490 e. The molecule has 0 radical (unpaired) electrons. The van der Waals surface area contributed by atoms with Crippen LogP contribution in [0.15, 0.2) is 65.7 Å². The van der Waals surface area contributed by atoms with E-state index in [0.29, 0.717) is 47.1 Å². The van der Waals surface area contributed by atoms with Crippen molar-refractivity contribution in [2.75, 3.05) is 18.6 Å². The van der Waals surface area contributed by atoms with E-state index in [4.69, 9.17) is 9.47 Å². The lowest BCUT2D eigenvalue weighted by Gasteiger charge is -2.12. The van der Waals surface area contributed by atoms with E-state index in [-0.39, 0.29) is 11.2 Å². The van der Waals surface area contributed by atoms with Crippen molar-refractivity contribution in [1.82, 2.24) is 19.3 Å². The molecule has 3 aromatic heterocycles. The van der Waals surface area contributed by atoms with Gasteiger partial charge in [0, 0.05) is 29.9 Å². The molecule has 4 heterocycles. The van der Waals surface area contributed by atoms with E-state index >= 15 is 0 Å². The van der Waals surface area contributed by atoms with Crippen molar-refractivity contribution >= 4 is 22.5 Å². The minimum atomic E-state index is -0.477. The molecule has 1 aliphatic rings. The molecule has 9 nitrogen and oxygen atoms in total. The molecule has 1 aliphatic heterocycles. The molecule has 0 saturated carbocycles. The van der Waals surface area contributed by atoms with Crippen LogP contribution in [0.5, 0.6) is 11.5 Å². The molecule has 0 saturated heterocycles. The maximum absolute atomic E-state index is 13.4. The maximum atomic E-state index is 13.4. The van der Waals surface area contributed by atoms with Crippen molar-refractivity contribution in [3.8, 4) is 22.6 Å². The number of aromatic nitrogens is 4. The van der Waals surface area contributed by atoms with Gasteiger partial charge in [0.1, 0.15) is 5.82 Å². The summed E-state index contributed by atoms with van der Waals surface area (Å²) in [6, 6.07) is 12.7. The molecule has 6 rings (SSSR count). The number of ether oxygens (including phenoxy) is 2. The van der Waals surface area contributed by atoms with E-state index in [2.05, 4.69) is 15.5 Å². The molecule has 0 unspecified atom stereocenters. The van der Waals surface area contributed by atoms with Crippen molar-refractivity contribution in [2.24, 2.45) is 0 Å². The number of nitrogens with one attached hydrogen (secondary N) is 1. The van der Waals surface area contributed by atoms with E-state index in [9.17, 15) is 14.0 Å². The fourth-order valence-electron chi connectivity index (χ4n) is 4.30. The van der Waals surface area contributed by atoms with Gasteiger partial charge >= 0.3 is 0 Å². The first-order chi connectivity index (χ1) is 17.5. The minimum absolute atomic E-state index is 0.275. The third kappa shape index (κ3) is 3.63. The predicted octanol–water partition coefficient (Wildman–Crippen LogP) is 3.70. The first kappa shape index (κ1) is 21.8. The van der Waals surface area contributed by atoms with E-state index in [1.165, 1.54) is 24.5 Å². The second-order valence-electron chi connectivity index (χ2n) is 8.40. The van der Waals surface area contributed by atoms with Gasteiger partial charge in [-0.2, -0.15) is 5.10 Å². The van der Waals surface area contributed by atoms with Crippen LogP contribution in [0.1, 0.15) is 22.5 Å². The minimum Gasteiger partial charge on any atom is -0.490 e. The summed E-state index contributed by atoms with van der Waals surface area (Å²) in [5.74, 6) is 0.260. The number of amides is 1. The van der Waals surface area contributed by atoms with E-state index in [1.54, 1.807) is 40.9 Å². The van der Waals surface area contributed by atoms with Crippen molar-refractivity contribution in [1.29, 1.82) is 0 Å². The molecule has 1 amide bonds. The van der Waals surface area contributed by atoms with Gasteiger partial charge < -0.3 is 9.47 Å². The highest BCUT2D eigenvalue weighted by molar-refractivity contribution is 6.00. The molecule has 180 valence electrons. The third-order valence-corrected chi connectivity index (χ3v) is 6.05. The summed E-state index contributed by atoms with van der Waals surface area (Å²) < 4.78 is 27.4. The maximum Gasteiger partial charge on any atom is 0.280 e. The lowest BCUT2D eigenvalue weighted by molar-refractivity contribution is 0.101. The number of nitrogens with zero attached hydrogens (tertiary/aromatic N) is 4. The number of rotatable bonds is 3. The number of hydrogen-bond donors (Lipinski definition) is 1. The number of aryl methyl sites for hydroxylation is 1. The van der Waals surface area contributed by atoms with E-state index < -0.39 is 11.5 Å². The Morgan fingerprint density at radius 3 is 2.64 bits per heavy atom. The number of carbonyl (C=O) groups is 1. The van der Waals surface area contributed by atoms with Crippen LogP contribution < -0.4 is 20.5 Å². The molecular weight excluding hydrogens is 465 g/mol. The molecule has 2 aromatic carbocycles. The monoisotopic (exact) mass is 485 g/mol. The number of benzene rings is 2. The second kappa shape index (κ2) is 8.49. The average Bonchev–Trinajstić information content (AvgIpc) is 3.05. The normalized spacial score (nSPS) is 13.1. The molecule has 0 fully saturated rings. The SMILES string of the molecule is Cc1nn2c(ncc3c(=O)n(NC(=O)c4ccc5c(c4)OCCCO5)ccc32)c1-c1ccc(F)cc1. The smallest absolute Gasteiger partial charge is 0.280 e. The summed E-state index contributed by atoms with van der Waals surface area (Å²) in [6.07, 6.45) is 3.68. The summed E-state index contributed by atoms with van der Waals surface area (Å²) >= 11 is 0. The highest BCUT2D eigenvalue weighted by atomic mass is 19.1. The Kier molecular flexibility index (Phi) is 5.14. The lowest BCUT2D eigenvalue weighted by atomic mass is 10.1. The summed E-state index contributed by atoms with van der Waals surface area (Å²) in [6.45, 7) is 2.88. The van der Waals surface area contributed by atoms with Crippen LogP contribution in [0.4, 0.5) is 4.39 Å². The average molecular weight is 485 g/mol. The Bertz CT molecular complexity index is 1710. The zero-order chi connectivity index (χ0) is 24.8. The number of hydrogen-bond acceptors (Lipinski definition) is 6. The number of fused-ring (bicyclic) bond motifs is 4. The van der Waals surface area contributed by atoms with Gasteiger partial charge in [0.05, 0.1) is 29.8 Å². The lowest BCUT2D eigenvalue weighted by Crippen LogP contribution is -2.33. The van der Waals surface area contributed by atoms with Crippen LogP contribution in [0.3, 0.4) is 0 Å². The van der Waals surface area contributed by atoms with E-state index in [1.807, 2.05) is 6.92 Å². The van der Waals surface area contributed by atoms with Gasteiger partial charge in [-0.05, 0) is 48.9 Å². The molecule has 1 N–H and O–H groups in total. The summed E-state index contributed by atoms with van der Waals surface area (Å²) in [7, 11) is 0. The summed E-state index contributed by atoms with van der Waals surface area (Å²) in [4.78, 5) is 30.6. The topological polar surface area (TPSA) is 99.8 Å². The predicted molar refractivity (Wildman–Crippen MR) is 131 cm³/mol. The molecule has 5 aromatic rings. The Labute approximate surface area is 203 Å². The van der Waals surface area contributed by atoms with Crippen LogP contribution in [0, 0.1) is 12.7 Å². The van der Waals surface area contributed by atoms with Gasteiger partial charge in [0.25, 0.3) is 11.5 Å². The molecule has 0 bridgehead atoms. The van der Waals surface area contributed by atoms with Gasteiger partial charge in [-0.15, -0.1) is 0 Å². The zero-order valence-corrected chi connectivity index (χ0v) is 19.2. The number of carbonyl (C=O) groups excluding carboxylic acids is 1. The van der Waals surface area contributed by atoms with Crippen LogP contribution >= 0.6 is 0 Å². The van der Waals surface area contributed by atoms with Crippen molar-refractivity contribution < 1.29 is 18.7 Å². The van der Waals surface area contributed by atoms with Gasteiger partial charge in [0.15, 0.2) is 17.1 Å².